The molecule has 92 valence electrons. The summed E-state index contributed by atoms with van der Waals surface area (Å²) in [6, 6.07) is 8.16. The number of nitriles is 1. The summed E-state index contributed by atoms with van der Waals surface area (Å²) >= 11 is 0. The maximum Gasteiger partial charge on any atom is 0.193 e. The molecule has 0 amide bonds. The first-order valence-corrected chi connectivity index (χ1v) is 6.99. The van der Waals surface area contributed by atoms with E-state index in [2.05, 4.69) is 4.98 Å². The Morgan fingerprint density at radius 1 is 1.39 bits per heavy atom. The van der Waals surface area contributed by atoms with E-state index in [1.165, 1.54) is 12.1 Å². The van der Waals surface area contributed by atoms with Gasteiger partial charge in [-0.1, -0.05) is 12.1 Å². The minimum Gasteiger partial charge on any atom is -0.440 e. The van der Waals surface area contributed by atoms with Gasteiger partial charge in [0.1, 0.15) is 6.07 Å². The molecule has 1 heterocycles. The first-order valence-electron chi connectivity index (χ1n) is 5.10. The lowest BCUT2D eigenvalue weighted by Gasteiger charge is -2.01. The first-order chi connectivity index (χ1) is 8.41. The number of sulfone groups is 1. The highest BCUT2D eigenvalue weighted by molar-refractivity contribution is 7.90. The van der Waals surface area contributed by atoms with Crippen LogP contribution in [0.4, 0.5) is 0 Å². The highest BCUT2D eigenvalue weighted by atomic mass is 32.2. The Balaban J connectivity index is 2.62. The molecule has 1 aromatic heterocycles. The summed E-state index contributed by atoms with van der Waals surface area (Å²) in [6.45, 7) is 1.63. The van der Waals surface area contributed by atoms with Crippen LogP contribution >= 0.6 is 0 Å². The lowest BCUT2D eigenvalue weighted by Crippen LogP contribution is -1.96. The van der Waals surface area contributed by atoms with Gasteiger partial charge in [-0.05, 0) is 12.1 Å². The summed E-state index contributed by atoms with van der Waals surface area (Å²) in [5.74, 6) is 0.659. The number of rotatable bonds is 2. The van der Waals surface area contributed by atoms with Crippen molar-refractivity contribution in [2.75, 3.05) is 6.26 Å². The average Bonchev–Trinajstić information content (AvgIpc) is 2.69. The third-order valence-electron chi connectivity index (χ3n) is 2.36. The van der Waals surface area contributed by atoms with Crippen LogP contribution in [0.2, 0.25) is 0 Å². The first kappa shape index (κ1) is 12.3. The molecule has 2 aromatic rings. The third-order valence-corrected chi connectivity index (χ3v) is 3.47. The van der Waals surface area contributed by atoms with Gasteiger partial charge in [-0.15, -0.1) is 0 Å². The van der Waals surface area contributed by atoms with Crippen LogP contribution in [0.25, 0.3) is 11.3 Å². The summed E-state index contributed by atoms with van der Waals surface area (Å²) in [5.41, 5.74) is 0.674. The molecule has 1 aromatic carbocycles. The topological polar surface area (TPSA) is 84.0 Å². The minimum absolute atomic E-state index is 0.151. The highest BCUT2D eigenvalue weighted by Gasteiger charge is 2.15. The Kier molecular flexibility index (Phi) is 2.93. The number of oxazole rings is 1. The van der Waals surface area contributed by atoms with E-state index in [1.54, 1.807) is 19.1 Å². The van der Waals surface area contributed by atoms with Crippen LogP contribution in [0.3, 0.4) is 0 Å². The van der Waals surface area contributed by atoms with Crippen LogP contribution in [-0.4, -0.2) is 19.7 Å². The molecule has 0 fully saturated rings. The molecule has 0 saturated heterocycles. The number of hydrogen-bond acceptors (Lipinski definition) is 5. The molecule has 5 nitrogen and oxygen atoms in total. The van der Waals surface area contributed by atoms with Crippen molar-refractivity contribution in [1.29, 1.82) is 5.26 Å². The molecular weight excluding hydrogens is 252 g/mol. The van der Waals surface area contributed by atoms with Gasteiger partial charge in [0.2, 0.25) is 0 Å². The summed E-state index contributed by atoms with van der Waals surface area (Å²) < 4.78 is 28.3. The predicted octanol–water partition coefficient (Wildman–Crippen LogP) is 1.93. The zero-order chi connectivity index (χ0) is 13.3. The molecule has 0 aliphatic heterocycles. The van der Waals surface area contributed by atoms with Crippen LogP contribution in [-0.2, 0) is 9.84 Å². The number of nitrogens with zero attached hydrogens (tertiary/aromatic N) is 2. The van der Waals surface area contributed by atoms with Crippen molar-refractivity contribution in [1.82, 2.24) is 4.98 Å². The Bertz CT molecular complexity index is 739. The van der Waals surface area contributed by atoms with Crippen molar-refractivity contribution in [2.45, 2.75) is 11.8 Å². The van der Waals surface area contributed by atoms with Crippen molar-refractivity contribution < 1.29 is 12.8 Å². The Hall–Kier alpha value is -2.13. The van der Waals surface area contributed by atoms with Crippen LogP contribution in [0.5, 0.6) is 0 Å². The second-order valence-corrected chi connectivity index (χ2v) is 5.84. The number of hydrogen-bond donors (Lipinski definition) is 0. The van der Waals surface area contributed by atoms with Crippen molar-refractivity contribution in [3.05, 3.63) is 35.9 Å². The lowest BCUT2D eigenvalue weighted by molar-refractivity contribution is 0.534. The SMILES string of the molecule is Cc1nc(C#N)c(-c2cccc(S(C)(=O)=O)c2)o1. The number of benzene rings is 1. The van der Waals surface area contributed by atoms with E-state index in [9.17, 15) is 8.42 Å². The normalized spacial score (nSPS) is 11.2. The molecule has 0 aliphatic carbocycles. The van der Waals surface area contributed by atoms with Gasteiger partial charge in [0.15, 0.2) is 27.2 Å². The zero-order valence-corrected chi connectivity index (χ0v) is 10.7. The number of aromatic nitrogens is 1. The van der Waals surface area contributed by atoms with E-state index in [1.807, 2.05) is 6.07 Å². The molecule has 0 saturated carbocycles. The fourth-order valence-corrected chi connectivity index (χ4v) is 2.23. The van der Waals surface area contributed by atoms with Crippen LogP contribution < -0.4 is 0 Å². The fourth-order valence-electron chi connectivity index (χ4n) is 1.57. The molecule has 18 heavy (non-hydrogen) atoms. The molecular formula is C12H10N2O3S. The van der Waals surface area contributed by atoms with Crippen molar-refractivity contribution in [3.8, 4) is 17.4 Å². The second-order valence-electron chi connectivity index (χ2n) is 3.82. The second kappa shape index (κ2) is 4.27. The highest BCUT2D eigenvalue weighted by Crippen LogP contribution is 2.26. The van der Waals surface area contributed by atoms with E-state index in [0.717, 1.165) is 6.26 Å². The van der Waals surface area contributed by atoms with E-state index >= 15 is 0 Å². The van der Waals surface area contributed by atoms with E-state index < -0.39 is 9.84 Å². The van der Waals surface area contributed by atoms with Crippen molar-refractivity contribution in [2.24, 2.45) is 0 Å². The summed E-state index contributed by atoms with van der Waals surface area (Å²) in [4.78, 5) is 4.10. The smallest absolute Gasteiger partial charge is 0.193 e. The predicted molar refractivity (Wildman–Crippen MR) is 64.5 cm³/mol. The van der Waals surface area contributed by atoms with Gasteiger partial charge in [-0.2, -0.15) is 5.26 Å². The largest absolute Gasteiger partial charge is 0.440 e. The molecule has 0 unspecified atom stereocenters. The quantitative estimate of drug-likeness (QED) is 0.825. The summed E-state index contributed by atoms with van der Waals surface area (Å²) in [7, 11) is -3.29. The van der Waals surface area contributed by atoms with Gasteiger partial charge < -0.3 is 4.42 Å². The lowest BCUT2D eigenvalue weighted by atomic mass is 10.1. The van der Waals surface area contributed by atoms with Gasteiger partial charge in [-0.3, -0.25) is 0 Å². The van der Waals surface area contributed by atoms with E-state index in [4.69, 9.17) is 9.68 Å². The molecule has 0 bridgehead atoms. The van der Waals surface area contributed by atoms with Gasteiger partial charge in [0.25, 0.3) is 0 Å². The van der Waals surface area contributed by atoms with Crippen LogP contribution in [0, 0.1) is 18.3 Å². The van der Waals surface area contributed by atoms with E-state index in [-0.39, 0.29) is 10.6 Å². The van der Waals surface area contributed by atoms with Crippen LogP contribution in [0.1, 0.15) is 11.6 Å². The third kappa shape index (κ3) is 2.26. The Labute approximate surface area is 105 Å². The molecule has 0 spiro atoms. The molecule has 6 heteroatoms. The monoisotopic (exact) mass is 262 g/mol. The maximum absolute atomic E-state index is 11.5. The molecule has 0 aliphatic rings. The Morgan fingerprint density at radius 3 is 2.72 bits per heavy atom. The zero-order valence-electron chi connectivity index (χ0n) is 9.84. The molecule has 0 N–H and O–H groups in total. The van der Waals surface area contributed by atoms with Gasteiger partial charge in [0.05, 0.1) is 4.90 Å². The minimum atomic E-state index is -3.29. The Morgan fingerprint density at radius 2 is 2.11 bits per heavy atom. The number of aryl methyl sites for hydroxylation is 1. The standard InChI is InChI=1S/C12H10N2O3S/c1-8-14-11(7-13)12(17-8)9-4-3-5-10(6-9)18(2,15)16/h3-6H,1-2H3. The summed E-state index contributed by atoms with van der Waals surface area (Å²) in [5, 5.41) is 8.93. The maximum atomic E-state index is 11.5. The van der Waals surface area contributed by atoms with Crippen LogP contribution in [0.15, 0.2) is 33.6 Å². The van der Waals surface area contributed by atoms with Crippen molar-refractivity contribution >= 4 is 9.84 Å². The van der Waals surface area contributed by atoms with Crippen molar-refractivity contribution in [3.63, 3.8) is 0 Å². The fraction of sp³-hybridized carbons (Fsp3) is 0.167. The van der Waals surface area contributed by atoms with Gasteiger partial charge in [0, 0.05) is 18.7 Å². The molecule has 0 atom stereocenters. The average molecular weight is 262 g/mol. The summed E-state index contributed by atoms with van der Waals surface area (Å²) in [6.07, 6.45) is 1.13. The molecule has 2 rings (SSSR count). The molecule has 0 radical (unpaired) electrons. The van der Waals surface area contributed by atoms with Gasteiger partial charge in [-0.25, -0.2) is 13.4 Å². The van der Waals surface area contributed by atoms with E-state index in [0.29, 0.717) is 17.2 Å². The van der Waals surface area contributed by atoms with Gasteiger partial charge >= 0.3 is 0 Å².